The van der Waals surface area contributed by atoms with Crippen molar-refractivity contribution in [1.29, 1.82) is 0 Å². The zero-order valence-corrected chi connectivity index (χ0v) is 11.2. The number of nitrogens with zero attached hydrogens (tertiary/aromatic N) is 1. The average Bonchev–Trinajstić information content (AvgIpc) is 2.41. The lowest BCUT2D eigenvalue weighted by Crippen LogP contribution is -2.22. The summed E-state index contributed by atoms with van der Waals surface area (Å²) in [5.74, 6) is -2.88. The fourth-order valence-corrected chi connectivity index (χ4v) is 1.25. The van der Waals surface area contributed by atoms with Gasteiger partial charge in [-0.1, -0.05) is 0 Å². The van der Waals surface area contributed by atoms with E-state index >= 15 is 0 Å². The zero-order chi connectivity index (χ0) is 16.6. The summed E-state index contributed by atoms with van der Waals surface area (Å²) in [6.45, 7) is 1.12. The molecule has 0 aliphatic carbocycles. The Morgan fingerprint density at radius 1 is 1.24 bits per heavy atom. The third-order valence-electron chi connectivity index (χ3n) is 2.41. The molecule has 0 bridgehead atoms. The number of carboxylic acids is 2. The van der Waals surface area contributed by atoms with Crippen LogP contribution >= 0.6 is 0 Å². The topological polar surface area (TPSA) is 168 Å². The molecule has 0 saturated heterocycles. The van der Waals surface area contributed by atoms with E-state index in [0.717, 1.165) is 0 Å². The van der Waals surface area contributed by atoms with E-state index in [1.807, 2.05) is 0 Å². The van der Waals surface area contributed by atoms with Gasteiger partial charge in [0, 0.05) is 17.3 Å². The van der Waals surface area contributed by atoms with Crippen molar-refractivity contribution in [3.63, 3.8) is 0 Å². The number of aryl methyl sites for hydroxylation is 1. The second-order valence-corrected chi connectivity index (χ2v) is 3.96. The van der Waals surface area contributed by atoms with Gasteiger partial charge in [-0.15, -0.1) is 0 Å². The van der Waals surface area contributed by atoms with Gasteiger partial charge in [0.05, 0.1) is 25.3 Å². The zero-order valence-electron chi connectivity index (χ0n) is 11.2. The van der Waals surface area contributed by atoms with Crippen LogP contribution in [0.25, 0.3) is 0 Å². The predicted molar refractivity (Wildman–Crippen MR) is 68.4 cm³/mol. The van der Waals surface area contributed by atoms with Crippen molar-refractivity contribution in [3.05, 3.63) is 23.0 Å². The Kier molecular flexibility index (Phi) is 7.91. The minimum atomic E-state index is -1.79. The Morgan fingerprint density at radius 3 is 2.14 bits per heavy atom. The predicted octanol–water partition coefficient (Wildman–Crippen LogP) is -1.01. The molecule has 0 aromatic carbocycles. The summed E-state index contributed by atoms with van der Waals surface area (Å²) in [5.41, 5.74) is 1.27. The molecule has 1 aromatic rings. The molecule has 0 amide bonds. The molecule has 1 aromatic heterocycles. The van der Waals surface area contributed by atoms with Crippen LogP contribution in [0.5, 0.6) is 5.75 Å². The third kappa shape index (κ3) is 6.17. The molecule has 118 valence electrons. The van der Waals surface area contributed by atoms with Crippen LogP contribution in [0.3, 0.4) is 0 Å². The molecule has 1 unspecified atom stereocenters. The van der Waals surface area contributed by atoms with Crippen LogP contribution in [0, 0.1) is 6.92 Å². The van der Waals surface area contributed by atoms with E-state index < -0.39 is 24.5 Å². The van der Waals surface area contributed by atoms with Crippen LogP contribution in [0.15, 0.2) is 6.20 Å². The van der Waals surface area contributed by atoms with Gasteiger partial charge in [-0.2, -0.15) is 0 Å². The molecule has 9 nitrogen and oxygen atoms in total. The number of hydrogen-bond acceptors (Lipinski definition) is 7. The molecule has 1 rings (SSSR count). The Morgan fingerprint density at radius 2 is 1.81 bits per heavy atom. The summed E-state index contributed by atoms with van der Waals surface area (Å²) in [4.78, 5) is 23.2. The maximum atomic E-state index is 9.72. The summed E-state index contributed by atoms with van der Waals surface area (Å²) < 4.78 is 0. The molecule has 21 heavy (non-hydrogen) atoms. The van der Waals surface area contributed by atoms with E-state index in [0.29, 0.717) is 16.8 Å². The quantitative estimate of drug-likeness (QED) is 0.399. The molecule has 9 heteroatoms. The third-order valence-corrected chi connectivity index (χ3v) is 2.41. The van der Waals surface area contributed by atoms with E-state index in [1.54, 1.807) is 6.92 Å². The SMILES string of the molecule is Cc1ncc(CO)c(CO)c1O.O=C(O)CC(O)C(=O)O. The fourth-order valence-electron chi connectivity index (χ4n) is 1.25. The standard InChI is InChI=1S/C8H11NO3.C4H6O5/c1-5-8(12)7(4-11)6(3-10)2-9-5;5-2(4(8)9)1-3(6)7/h2,10-12H,3-4H2,1H3;2,5H,1H2,(H,6,7)(H,8,9). The number of hydrogen-bond donors (Lipinski definition) is 6. The maximum Gasteiger partial charge on any atom is 0.333 e. The van der Waals surface area contributed by atoms with Gasteiger partial charge in [0.15, 0.2) is 6.10 Å². The fraction of sp³-hybridized carbons (Fsp3) is 0.417. The van der Waals surface area contributed by atoms with Gasteiger partial charge in [0.1, 0.15) is 5.75 Å². The van der Waals surface area contributed by atoms with Gasteiger partial charge >= 0.3 is 11.9 Å². The molecule has 0 saturated carbocycles. The molecule has 1 atom stereocenters. The summed E-state index contributed by atoms with van der Waals surface area (Å²) in [5, 5.41) is 51.2. The van der Waals surface area contributed by atoms with Gasteiger partial charge in [0.2, 0.25) is 0 Å². The largest absolute Gasteiger partial charge is 0.506 e. The number of rotatable bonds is 5. The van der Waals surface area contributed by atoms with Gasteiger partial charge in [-0.3, -0.25) is 9.78 Å². The highest BCUT2D eigenvalue weighted by molar-refractivity contribution is 5.79. The molecule has 0 aliphatic rings. The van der Waals surface area contributed by atoms with Gasteiger partial charge in [-0.05, 0) is 6.92 Å². The lowest BCUT2D eigenvalue weighted by atomic mass is 10.1. The summed E-state index contributed by atoms with van der Waals surface area (Å²) in [6, 6.07) is 0. The van der Waals surface area contributed by atoms with Gasteiger partial charge in [0.25, 0.3) is 0 Å². The number of aromatic nitrogens is 1. The van der Waals surface area contributed by atoms with Gasteiger partial charge < -0.3 is 30.6 Å². The van der Waals surface area contributed by atoms with Crippen LogP contribution in [-0.4, -0.2) is 53.7 Å². The molecule has 0 radical (unpaired) electrons. The molecular formula is C12H17NO8. The normalized spacial score (nSPS) is 11.2. The number of aliphatic hydroxyl groups excluding tert-OH is 3. The van der Waals surface area contributed by atoms with Gasteiger partial charge in [-0.25, -0.2) is 4.79 Å². The van der Waals surface area contributed by atoms with E-state index in [9.17, 15) is 14.7 Å². The van der Waals surface area contributed by atoms with Crippen molar-refractivity contribution in [2.45, 2.75) is 32.7 Å². The number of aliphatic hydroxyl groups is 3. The van der Waals surface area contributed by atoms with Crippen molar-refractivity contribution in [2.75, 3.05) is 0 Å². The Labute approximate surface area is 119 Å². The second-order valence-electron chi connectivity index (χ2n) is 3.96. The van der Waals surface area contributed by atoms with Crippen molar-refractivity contribution in [2.24, 2.45) is 0 Å². The first-order valence-electron chi connectivity index (χ1n) is 5.75. The van der Waals surface area contributed by atoms with Crippen molar-refractivity contribution >= 4 is 11.9 Å². The van der Waals surface area contributed by atoms with Crippen LogP contribution in [-0.2, 0) is 22.8 Å². The van der Waals surface area contributed by atoms with E-state index in [-0.39, 0.29) is 19.0 Å². The first-order valence-corrected chi connectivity index (χ1v) is 5.75. The molecule has 0 fully saturated rings. The Balaban J connectivity index is 0.000000400. The average molecular weight is 303 g/mol. The Bertz CT molecular complexity index is 502. The van der Waals surface area contributed by atoms with E-state index in [2.05, 4.69) is 4.98 Å². The second kappa shape index (κ2) is 8.84. The highest BCUT2D eigenvalue weighted by Crippen LogP contribution is 2.23. The molecule has 6 N–H and O–H groups in total. The maximum absolute atomic E-state index is 9.72. The number of aromatic hydroxyl groups is 1. The molecule has 0 spiro atoms. The summed E-state index contributed by atoms with van der Waals surface area (Å²) in [7, 11) is 0. The summed E-state index contributed by atoms with van der Waals surface area (Å²) in [6.07, 6.45) is -1.10. The smallest absolute Gasteiger partial charge is 0.333 e. The van der Waals surface area contributed by atoms with Crippen LogP contribution < -0.4 is 0 Å². The number of aliphatic carboxylic acids is 2. The number of pyridine rings is 1. The number of carbonyl (C=O) groups is 2. The minimum absolute atomic E-state index is 0.0379. The van der Waals surface area contributed by atoms with Crippen LogP contribution in [0.1, 0.15) is 23.2 Å². The first-order chi connectivity index (χ1) is 9.74. The summed E-state index contributed by atoms with van der Waals surface area (Å²) >= 11 is 0. The molecular weight excluding hydrogens is 286 g/mol. The lowest BCUT2D eigenvalue weighted by molar-refractivity contribution is -0.152. The van der Waals surface area contributed by atoms with Crippen LogP contribution in [0.2, 0.25) is 0 Å². The van der Waals surface area contributed by atoms with Crippen molar-refractivity contribution in [1.82, 2.24) is 4.98 Å². The number of carboxylic acid groups (broad SMARTS) is 2. The van der Waals surface area contributed by atoms with Crippen molar-refractivity contribution < 1.29 is 40.2 Å². The highest BCUT2D eigenvalue weighted by atomic mass is 16.4. The van der Waals surface area contributed by atoms with E-state index in [4.69, 9.17) is 25.5 Å². The first kappa shape index (κ1) is 18.8. The minimum Gasteiger partial charge on any atom is -0.506 e. The van der Waals surface area contributed by atoms with E-state index in [1.165, 1.54) is 6.20 Å². The van der Waals surface area contributed by atoms with Crippen LogP contribution in [0.4, 0.5) is 0 Å². The van der Waals surface area contributed by atoms with Crippen molar-refractivity contribution in [3.8, 4) is 5.75 Å². The molecule has 0 aliphatic heterocycles. The monoisotopic (exact) mass is 303 g/mol. The molecule has 1 heterocycles. The Hall–Kier alpha value is -2.23. The highest BCUT2D eigenvalue weighted by Gasteiger charge is 2.16. The lowest BCUT2D eigenvalue weighted by Gasteiger charge is -2.07.